The third-order valence-corrected chi connectivity index (χ3v) is 13.0. The number of rotatable bonds is 11. The van der Waals surface area contributed by atoms with Crippen LogP contribution in [0.2, 0.25) is 0 Å². The molecular formula is C50H65N7O7. The Morgan fingerprint density at radius 3 is 2.66 bits per heavy atom. The molecule has 4 atom stereocenters. The van der Waals surface area contributed by atoms with Gasteiger partial charge in [0.25, 0.3) is 5.91 Å². The van der Waals surface area contributed by atoms with E-state index < -0.39 is 29.5 Å². The van der Waals surface area contributed by atoms with Gasteiger partial charge in [-0.05, 0) is 110 Å². The van der Waals surface area contributed by atoms with Gasteiger partial charge in [-0.1, -0.05) is 46.4 Å². The summed E-state index contributed by atoms with van der Waals surface area (Å²) >= 11 is 0. The van der Waals surface area contributed by atoms with Gasteiger partial charge in [0.1, 0.15) is 17.8 Å². The zero-order valence-corrected chi connectivity index (χ0v) is 38.5. The van der Waals surface area contributed by atoms with Crippen LogP contribution >= 0.6 is 0 Å². The van der Waals surface area contributed by atoms with E-state index in [0.29, 0.717) is 64.2 Å². The summed E-state index contributed by atoms with van der Waals surface area (Å²) < 4.78 is 14.1. The maximum absolute atomic E-state index is 14.7. The van der Waals surface area contributed by atoms with E-state index in [0.717, 1.165) is 50.8 Å². The number of methoxy groups -OCH3 is 1. The number of pyridine rings is 1. The Bertz CT molecular complexity index is 2390. The molecule has 2 fully saturated rings. The van der Waals surface area contributed by atoms with Crippen molar-refractivity contribution in [1.29, 1.82) is 0 Å². The number of hydrogen-bond donors (Lipinski definition) is 3. The first-order valence-electron chi connectivity index (χ1n) is 22.7. The molecule has 3 aliphatic rings. The maximum Gasteiger partial charge on any atom is 0.324 e. The number of aromatic hydroxyl groups is 1. The number of esters is 1. The highest BCUT2D eigenvalue weighted by Crippen LogP contribution is 2.41. The quantitative estimate of drug-likeness (QED) is 0.123. The van der Waals surface area contributed by atoms with Crippen LogP contribution < -0.4 is 10.7 Å². The largest absolute Gasteiger partial charge is 0.508 e. The van der Waals surface area contributed by atoms with Crippen LogP contribution in [0, 0.1) is 17.3 Å². The number of hydrogen-bond acceptors (Lipinski definition) is 10. The number of aryl methyl sites for hydroxylation is 1. The normalized spacial score (nSPS) is 20.9. The van der Waals surface area contributed by atoms with Crippen LogP contribution in [0.3, 0.4) is 0 Å². The lowest BCUT2D eigenvalue weighted by Crippen LogP contribution is -2.62. The smallest absolute Gasteiger partial charge is 0.324 e. The number of likely N-dealkylation sites (tertiary alicyclic amines) is 1. The lowest BCUT2D eigenvalue weighted by Gasteiger charge is -2.37. The van der Waals surface area contributed by atoms with Crippen LogP contribution in [0.4, 0.5) is 0 Å². The minimum Gasteiger partial charge on any atom is -0.508 e. The van der Waals surface area contributed by atoms with Crippen molar-refractivity contribution >= 4 is 34.6 Å². The second-order valence-corrected chi connectivity index (χ2v) is 19.0. The summed E-state index contributed by atoms with van der Waals surface area (Å²) in [4.78, 5) is 63.6. The summed E-state index contributed by atoms with van der Waals surface area (Å²) in [6.45, 7) is 17.3. The van der Waals surface area contributed by atoms with Gasteiger partial charge in [0, 0.05) is 86.1 Å². The molecule has 2 aromatic heterocycles. The molecule has 3 amide bonds. The van der Waals surface area contributed by atoms with Gasteiger partial charge in [-0.3, -0.25) is 34.1 Å². The van der Waals surface area contributed by atoms with Gasteiger partial charge in [0.15, 0.2) is 0 Å². The van der Waals surface area contributed by atoms with Gasteiger partial charge in [-0.25, -0.2) is 5.43 Å². The van der Waals surface area contributed by atoms with E-state index in [1.54, 1.807) is 30.3 Å². The van der Waals surface area contributed by atoms with Crippen molar-refractivity contribution < 1.29 is 33.8 Å². The number of carbonyl (C=O) groups is 4. The standard InChI is InChI=1S/C50H65N7O7/c1-9-44(59)55-19-16-32(28-55)27-54(7)45(31(3)4)47(60)52-42-22-33-20-35(23-37(58)21-33)34-13-14-43-39(24-34)40(46(56(43)10-2)38-15-17-51-26-36(38)29-63-8)25-50(5,6)30-64-49(62)41-12-11-18-57(53-41)48(42)61/h9,13-15,17,20-21,23-24,26,31-32,41-42,45,53,58H,1,10-12,16,18-19,22,25,27-30H2,2-8H3,(H,52,60)/t32-,41+,42+,45+/m1/s1. The Hall–Kier alpha value is -5.57. The number of phenols is 1. The number of ether oxygens (including phenoxy) is 2. The van der Waals surface area contributed by atoms with E-state index in [-0.39, 0.29) is 48.3 Å². The van der Waals surface area contributed by atoms with E-state index >= 15 is 0 Å². The van der Waals surface area contributed by atoms with Crippen molar-refractivity contribution in [3.63, 3.8) is 0 Å². The van der Waals surface area contributed by atoms with E-state index in [9.17, 15) is 24.3 Å². The number of cyclic esters (lactones) is 1. The summed E-state index contributed by atoms with van der Waals surface area (Å²) in [5, 5.41) is 16.9. The fourth-order valence-corrected chi connectivity index (χ4v) is 10.0. The number of amides is 3. The molecule has 0 unspecified atom stereocenters. The van der Waals surface area contributed by atoms with Crippen LogP contribution in [0.15, 0.2) is 67.5 Å². The molecule has 6 bridgehead atoms. The minimum absolute atomic E-state index is 0.0351. The molecule has 0 saturated carbocycles. The molecule has 14 nitrogen and oxygen atoms in total. The molecule has 2 saturated heterocycles. The highest BCUT2D eigenvalue weighted by Gasteiger charge is 2.38. The zero-order valence-electron chi connectivity index (χ0n) is 38.5. The van der Waals surface area contributed by atoms with E-state index in [1.165, 1.54) is 11.1 Å². The number of phenolic OH excluding ortho intramolecular Hbond substituents is 1. The van der Waals surface area contributed by atoms with Gasteiger partial charge >= 0.3 is 5.97 Å². The molecule has 0 aliphatic carbocycles. The monoisotopic (exact) mass is 875 g/mol. The highest BCUT2D eigenvalue weighted by atomic mass is 16.5. The van der Waals surface area contributed by atoms with Crippen LogP contribution in [0.25, 0.3) is 33.3 Å². The fraction of sp³-hybridized carbons (Fsp3) is 0.500. The maximum atomic E-state index is 14.7. The summed E-state index contributed by atoms with van der Waals surface area (Å²) in [6, 6.07) is 11.3. The third kappa shape index (κ3) is 10.0. The molecule has 3 aliphatic heterocycles. The third-order valence-electron chi connectivity index (χ3n) is 13.0. The van der Waals surface area contributed by atoms with E-state index in [1.807, 2.05) is 44.1 Å². The van der Waals surface area contributed by atoms with Gasteiger partial charge in [-0.2, -0.15) is 0 Å². The zero-order chi connectivity index (χ0) is 45.9. The minimum atomic E-state index is -1.04. The second kappa shape index (κ2) is 19.7. The molecule has 7 rings (SSSR count). The Kier molecular flexibility index (Phi) is 14.3. The molecule has 2 aromatic carbocycles. The Morgan fingerprint density at radius 1 is 1.12 bits per heavy atom. The van der Waals surface area contributed by atoms with Crippen molar-refractivity contribution in [2.45, 2.75) is 98.0 Å². The Labute approximate surface area is 376 Å². The van der Waals surface area contributed by atoms with Crippen LogP contribution in [0.5, 0.6) is 5.75 Å². The fourth-order valence-electron chi connectivity index (χ4n) is 10.0. The predicted molar refractivity (Wildman–Crippen MR) is 247 cm³/mol. The molecule has 64 heavy (non-hydrogen) atoms. The number of nitrogens with one attached hydrogen (secondary N) is 2. The second-order valence-electron chi connectivity index (χ2n) is 19.0. The van der Waals surface area contributed by atoms with Crippen LogP contribution in [-0.4, -0.2) is 118 Å². The predicted octanol–water partition coefficient (Wildman–Crippen LogP) is 5.88. The summed E-state index contributed by atoms with van der Waals surface area (Å²) in [5.74, 6) is -1.13. The van der Waals surface area contributed by atoms with Crippen LogP contribution in [0.1, 0.15) is 70.6 Å². The number of hydrazine groups is 1. The van der Waals surface area contributed by atoms with Crippen molar-refractivity contribution in [1.82, 2.24) is 35.1 Å². The van der Waals surface area contributed by atoms with Crippen molar-refractivity contribution in [3.05, 3.63) is 84.2 Å². The molecule has 4 aromatic rings. The van der Waals surface area contributed by atoms with Crippen LogP contribution in [-0.2, 0) is 54.6 Å². The molecule has 3 N–H and O–H groups in total. The molecular weight excluding hydrogens is 811 g/mol. The first kappa shape index (κ1) is 46.4. The Morgan fingerprint density at radius 2 is 1.92 bits per heavy atom. The topological polar surface area (TPSA) is 159 Å². The first-order chi connectivity index (χ1) is 30.6. The molecule has 0 spiro atoms. The number of benzene rings is 2. The van der Waals surface area contributed by atoms with E-state index in [4.69, 9.17) is 9.47 Å². The summed E-state index contributed by atoms with van der Waals surface area (Å²) in [7, 11) is 3.59. The average Bonchev–Trinajstić information content (AvgIpc) is 3.86. The number of carbonyl (C=O) groups excluding carboxylic acids is 4. The van der Waals surface area contributed by atoms with Gasteiger partial charge in [-0.15, -0.1) is 0 Å². The van der Waals surface area contributed by atoms with Crippen molar-refractivity contribution in [3.8, 4) is 28.1 Å². The van der Waals surface area contributed by atoms with Crippen molar-refractivity contribution in [2.24, 2.45) is 17.3 Å². The SMILES string of the molecule is C=CC(=O)N1CC[C@H](CN(C)[C@H](C(=O)N[C@H]2Cc3cc(O)cc(c3)-c3ccc4c(c3)c(c(-c3ccncc3COC)n4CC)CC(C)(C)COC(=O)[C@@H]3CCCN(N3)C2=O)C(C)C)C1. The number of fused-ring (bicyclic) bond motifs is 6. The average molecular weight is 876 g/mol. The van der Waals surface area contributed by atoms with E-state index in [2.05, 4.69) is 65.8 Å². The highest BCUT2D eigenvalue weighted by molar-refractivity contribution is 5.96. The van der Waals surface area contributed by atoms with Gasteiger partial charge < -0.3 is 29.4 Å². The first-order valence-corrected chi connectivity index (χ1v) is 22.7. The number of likely N-dealkylation sites (N-methyl/N-ethyl adjacent to an activating group) is 1. The lowest BCUT2D eigenvalue weighted by atomic mass is 9.84. The van der Waals surface area contributed by atoms with Gasteiger partial charge in [0.2, 0.25) is 11.8 Å². The Balaban J connectivity index is 1.29. The van der Waals surface area contributed by atoms with Gasteiger partial charge in [0.05, 0.1) is 24.9 Å². The van der Waals surface area contributed by atoms with Crippen molar-refractivity contribution in [2.75, 3.05) is 46.9 Å². The molecule has 14 heteroatoms. The summed E-state index contributed by atoms with van der Waals surface area (Å²) in [5.41, 5.74) is 10.1. The molecule has 342 valence electrons. The lowest BCUT2D eigenvalue weighted by molar-refractivity contribution is -0.155. The number of aromatic nitrogens is 2. The number of nitrogens with zero attached hydrogens (tertiary/aromatic N) is 5. The molecule has 5 heterocycles. The summed E-state index contributed by atoms with van der Waals surface area (Å²) in [6.07, 6.45) is 7.49. The molecule has 0 radical (unpaired) electrons.